The number of nitrogens with two attached hydrogens (primary N) is 1. The number of rotatable bonds is 3. The van der Waals surface area contributed by atoms with Gasteiger partial charge in [0.25, 0.3) is 0 Å². The monoisotopic (exact) mass is 197 g/mol. The maximum absolute atomic E-state index is 10.3. The summed E-state index contributed by atoms with van der Waals surface area (Å²) in [5.41, 5.74) is 6.54. The van der Waals surface area contributed by atoms with Crippen LogP contribution in [0.3, 0.4) is 0 Å². The maximum Gasteiger partial charge on any atom is 0.0731 e. The van der Waals surface area contributed by atoms with Crippen molar-refractivity contribution in [3.8, 4) is 0 Å². The highest BCUT2D eigenvalue weighted by Gasteiger charge is 2.56. The quantitative estimate of drug-likeness (QED) is 0.681. The second-order valence-corrected chi connectivity index (χ2v) is 5.38. The maximum atomic E-state index is 10.3. The molecule has 0 aromatic rings. The van der Waals surface area contributed by atoms with E-state index in [0.29, 0.717) is 0 Å². The molecule has 2 heteroatoms. The molecule has 0 aromatic carbocycles. The Morgan fingerprint density at radius 1 is 1.50 bits per heavy atom. The summed E-state index contributed by atoms with van der Waals surface area (Å²) in [4.78, 5) is 0. The summed E-state index contributed by atoms with van der Waals surface area (Å²) in [6.07, 6.45) is 4.71. The fraction of sp³-hybridized carbons (Fsp3) is 0.833. The lowest BCUT2D eigenvalue weighted by Crippen LogP contribution is -2.67. The second-order valence-electron chi connectivity index (χ2n) is 5.38. The van der Waals surface area contributed by atoms with Gasteiger partial charge < -0.3 is 10.8 Å². The smallest absolute Gasteiger partial charge is 0.0731 e. The van der Waals surface area contributed by atoms with E-state index in [1.54, 1.807) is 0 Å². The van der Waals surface area contributed by atoms with Crippen molar-refractivity contribution in [1.82, 2.24) is 0 Å². The first-order chi connectivity index (χ1) is 6.29. The van der Waals surface area contributed by atoms with Gasteiger partial charge in [0.15, 0.2) is 0 Å². The number of hydrogen-bond donors (Lipinski definition) is 2. The van der Waals surface area contributed by atoms with Gasteiger partial charge in [0.1, 0.15) is 0 Å². The third-order valence-electron chi connectivity index (χ3n) is 3.79. The van der Waals surface area contributed by atoms with Gasteiger partial charge in [0.2, 0.25) is 0 Å². The van der Waals surface area contributed by atoms with Gasteiger partial charge in [-0.05, 0) is 33.1 Å². The van der Waals surface area contributed by atoms with E-state index in [9.17, 15) is 5.11 Å². The first-order valence-electron chi connectivity index (χ1n) is 5.41. The van der Waals surface area contributed by atoms with Crippen molar-refractivity contribution in [2.45, 2.75) is 58.6 Å². The lowest BCUT2D eigenvalue weighted by molar-refractivity contribution is -0.166. The van der Waals surface area contributed by atoms with E-state index in [4.69, 9.17) is 5.73 Å². The van der Waals surface area contributed by atoms with Gasteiger partial charge in [-0.1, -0.05) is 25.5 Å². The van der Waals surface area contributed by atoms with Gasteiger partial charge in [0, 0.05) is 11.5 Å². The van der Waals surface area contributed by atoms with Crippen molar-refractivity contribution in [2.75, 3.05) is 0 Å². The Morgan fingerprint density at radius 3 is 2.43 bits per heavy atom. The lowest BCUT2D eigenvalue weighted by Gasteiger charge is -2.57. The molecule has 0 aliphatic heterocycles. The molecule has 0 spiro atoms. The molecule has 1 aliphatic rings. The molecule has 0 amide bonds. The van der Waals surface area contributed by atoms with Gasteiger partial charge in [-0.15, -0.1) is 0 Å². The van der Waals surface area contributed by atoms with E-state index in [1.807, 2.05) is 0 Å². The van der Waals surface area contributed by atoms with Crippen LogP contribution < -0.4 is 5.73 Å². The number of allylic oxidation sites excluding steroid dienone is 2. The summed E-state index contributed by atoms with van der Waals surface area (Å²) in [7, 11) is 0. The predicted octanol–water partition coefficient (Wildman–Crippen LogP) is 2.22. The van der Waals surface area contributed by atoms with Gasteiger partial charge in [0.05, 0.1) is 5.60 Å². The molecular formula is C12H23NO. The molecule has 0 saturated heterocycles. The predicted molar refractivity (Wildman–Crippen MR) is 60.0 cm³/mol. The highest BCUT2D eigenvalue weighted by Crippen LogP contribution is 2.50. The Morgan fingerprint density at radius 2 is 2.07 bits per heavy atom. The van der Waals surface area contributed by atoms with E-state index in [-0.39, 0.29) is 11.5 Å². The normalized spacial score (nSPS) is 34.9. The van der Waals surface area contributed by atoms with E-state index in [0.717, 1.165) is 19.3 Å². The zero-order valence-electron chi connectivity index (χ0n) is 9.80. The van der Waals surface area contributed by atoms with Crippen molar-refractivity contribution >= 4 is 0 Å². The summed E-state index contributed by atoms with van der Waals surface area (Å²) in [6, 6.07) is 0.152. The van der Waals surface area contributed by atoms with Gasteiger partial charge >= 0.3 is 0 Å². The molecular weight excluding hydrogens is 174 g/mol. The highest BCUT2D eigenvalue weighted by atomic mass is 16.3. The van der Waals surface area contributed by atoms with Crippen molar-refractivity contribution in [3.63, 3.8) is 0 Å². The average Bonchev–Trinajstić information content (AvgIpc) is 2.03. The van der Waals surface area contributed by atoms with E-state index in [2.05, 4.69) is 33.8 Å². The van der Waals surface area contributed by atoms with E-state index < -0.39 is 5.60 Å². The van der Waals surface area contributed by atoms with Crippen molar-refractivity contribution in [2.24, 2.45) is 11.1 Å². The Balaban J connectivity index is 2.49. The SMILES string of the molecule is CC(C)=CCCC1(O)CC(N)C1(C)C. The van der Waals surface area contributed by atoms with Crippen LogP contribution in [0.15, 0.2) is 11.6 Å². The third kappa shape index (κ3) is 1.86. The molecule has 2 unspecified atom stereocenters. The molecule has 0 heterocycles. The van der Waals surface area contributed by atoms with Crippen LogP contribution >= 0.6 is 0 Å². The van der Waals surface area contributed by atoms with Crippen LogP contribution in [0.5, 0.6) is 0 Å². The molecule has 0 aromatic heterocycles. The van der Waals surface area contributed by atoms with E-state index >= 15 is 0 Å². The highest BCUT2D eigenvalue weighted by molar-refractivity contribution is 5.12. The molecule has 14 heavy (non-hydrogen) atoms. The number of aliphatic hydroxyl groups is 1. The van der Waals surface area contributed by atoms with Crippen LogP contribution in [0.25, 0.3) is 0 Å². The first kappa shape index (κ1) is 11.7. The molecule has 1 saturated carbocycles. The molecule has 82 valence electrons. The van der Waals surface area contributed by atoms with Crippen molar-refractivity contribution in [3.05, 3.63) is 11.6 Å². The van der Waals surface area contributed by atoms with Crippen molar-refractivity contribution < 1.29 is 5.11 Å². The van der Waals surface area contributed by atoms with E-state index in [1.165, 1.54) is 5.57 Å². The summed E-state index contributed by atoms with van der Waals surface area (Å²) in [6.45, 7) is 8.29. The molecule has 1 fully saturated rings. The van der Waals surface area contributed by atoms with Crippen LogP contribution in [0.4, 0.5) is 0 Å². The third-order valence-corrected chi connectivity index (χ3v) is 3.79. The molecule has 2 nitrogen and oxygen atoms in total. The topological polar surface area (TPSA) is 46.2 Å². The molecule has 1 aliphatic carbocycles. The van der Waals surface area contributed by atoms with Gasteiger partial charge in [-0.25, -0.2) is 0 Å². The standard InChI is InChI=1S/C12H23NO/c1-9(2)6-5-7-12(14)8-10(13)11(12,3)4/h6,10,14H,5,7-8,13H2,1-4H3. The van der Waals surface area contributed by atoms with Crippen LogP contribution in [0, 0.1) is 5.41 Å². The summed E-state index contributed by atoms with van der Waals surface area (Å²) < 4.78 is 0. The minimum atomic E-state index is -0.543. The van der Waals surface area contributed by atoms with Crippen LogP contribution in [0.1, 0.15) is 47.0 Å². The van der Waals surface area contributed by atoms with Crippen LogP contribution in [-0.4, -0.2) is 16.7 Å². The van der Waals surface area contributed by atoms with Crippen LogP contribution in [-0.2, 0) is 0 Å². The summed E-state index contributed by atoms with van der Waals surface area (Å²) in [5, 5.41) is 10.3. The van der Waals surface area contributed by atoms with Gasteiger partial charge in [-0.3, -0.25) is 0 Å². The molecule has 3 N–H and O–H groups in total. The van der Waals surface area contributed by atoms with Gasteiger partial charge in [-0.2, -0.15) is 0 Å². The fourth-order valence-corrected chi connectivity index (χ4v) is 2.12. The zero-order valence-corrected chi connectivity index (χ0v) is 9.80. The Kier molecular flexibility index (Phi) is 3.07. The zero-order chi connectivity index (χ0) is 11.0. The minimum Gasteiger partial charge on any atom is -0.389 e. The molecule has 0 bridgehead atoms. The lowest BCUT2D eigenvalue weighted by atomic mass is 9.54. The second kappa shape index (κ2) is 3.67. The van der Waals surface area contributed by atoms with Crippen molar-refractivity contribution in [1.29, 1.82) is 0 Å². The molecule has 0 radical (unpaired) electrons. The largest absolute Gasteiger partial charge is 0.389 e. The average molecular weight is 197 g/mol. The van der Waals surface area contributed by atoms with Crippen LogP contribution in [0.2, 0.25) is 0 Å². The minimum absolute atomic E-state index is 0.123. The molecule has 1 rings (SSSR count). The first-order valence-corrected chi connectivity index (χ1v) is 5.41. The fourth-order valence-electron chi connectivity index (χ4n) is 2.12. The summed E-state index contributed by atoms with van der Waals surface area (Å²) >= 11 is 0. The molecule has 2 atom stereocenters. The Hall–Kier alpha value is -0.340. The number of hydrogen-bond acceptors (Lipinski definition) is 2. The Labute approximate surface area is 87.2 Å². The Bertz CT molecular complexity index is 241. The summed E-state index contributed by atoms with van der Waals surface area (Å²) in [5.74, 6) is 0.